The average molecular weight is 579 g/mol. The van der Waals surface area contributed by atoms with E-state index in [1.54, 1.807) is 20.8 Å². The maximum atomic E-state index is 14.8. The molecule has 0 bridgehead atoms. The van der Waals surface area contributed by atoms with Crippen LogP contribution in [0.3, 0.4) is 0 Å². The number of nitrogens with zero attached hydrogens (tertiary/aromatic N) is 4. The van der Waals surface area contributed by atoms with E-state index < -0.39 is 53.7 Å². The molecule has 0 spiro atoms. The minimum atomic E-state index is -1.02. The van der Waals surface area contributed by atoms with Gasteiger partial charge in [0, 0.05) is 22.9 Å². The van der Waals surface area contributed by atoms with Gasteiger partial charge < -0.3 is 19.4 Å². The van der Waals surface area contributed by atoms with Crippen molar-refractivity contribution in [3.63, 3.8) is 0 Å². The predicted molar refractivity (Wildman–Crippen MR) is 145 cm³/mol. The first kappa shape index (κ1) is 28.6. The van der Waals surface area contributed by atoms with E-state index in [0.29, 0.717) is 22.2 Å². The lowest BCUT2D eigenvalue weighted by Crippen LogP contribution is -2.32. The SMILES string of the molecule is [C-]#[N+]c1cc(F)c(CN(Cc2ncccc2F)C(=O)c2cc3nc(NC(=O)OC(C)(C)C)c4c(c3[nH]2)COC4)c(F)c1. The second-order valence-corrected chi connectivity index (χ2v) is 10.6. The summed E-state index contributed by atoms with van der Waals surface area (Å²) in [5.41, 5.74) is 0.487. The van der Waals surface area contributed by atoms with Crippen LogP contribution in [0.25, 0.3) is 15.9 Å². The van der Waals surface area contributed by atoms with E-state index in [-0.39, 0.29) is 36.1 Å². The molecular formula is C29H25F3N6O4. The van der Waals surface area contributed by atoms with Gasteiger partial charge >= 0.3 is 6.09 Å². The largest absolute Gasteiger partial charge is 0.444 e. The number of benzene rings is 1. The molecule has 42 heavy (non-hydrogen) atoms. The van der Waals surface area contributed by atoms with Gasteiger partial charge in [-0.25, -0.2) is 27.8 Å². The van der Waals surface area contributed by atoms with Crippen LogP contribution in [0.4, 0.5) is 29.5 Å². The summed E-state index contributed by atoms with van der Waals surface area (Å²) in [5, 5.41) is 2.63. The number of halogens is 3. The Bertz CT molecular complexity index is 1740. The molecule has 5 rings (SSSR count). The normalized spacial score (nSPS) is 12.6. The summed E-state index contributed by atoms with van der Waals surface area (Å²) >= 11 is 0. The van der Waals surface area contributed by atoms with Crippen molar-refractivity contribution in [2.45, 2.75) is 52.7 Å². The Balaban J connectivity index is 1.53. The van der Waals surface area contributed by atoms with Crippen LogP contribution in [0, 0.1) is 24.0 Å². The maximum Gasteiger partial charge on any atom is 0.413 e. The molecule has 216 valence electrons. The lowest BCUT2D eigenvalue weighted by molar-refractivity contribution is 0.0634. The lowest BCUT2D eigenvalue weighted by atomic mass is 10.1. The quantitative estimate of drug-likeness (QED) is 0.266. The van der Waals surface area contributed by atoms with Crippen LogP contribution >= 0.6 is 0 Å². The summed E-state index contributed by atoms with van der Waals surface area (Å²) in [5.74, 6) is -3.26. The molecule has 2 amide bonds. The maximum absolute atomic E-state index is 14.8. The fourth-order valence-corrected chi connectivity index (χ4v) is 4.51. The molecule has 10 nitrogen and oxygen atoms in total. The molecule has 1 aromatic carbocycles. The topological polar surface area (TPSA) is 114 Å². The second-order valence-electron chi connectivity index (χ2n) is 10.6. The Morgan fingerprint density at radius 3 is 2.50 bits per heavy atom. The fourth-order valence-electron chi connectivity index (χ4n) is 4.51. The van der Waals surface area contributed by atoms with Gasteiger partial charge in [-0.05, 0) is 51.1 Å². The van der Waals surface area contributed by atoms with Crippen molar-refractivity contribution >= 4 is 34.5 Å². The first-order valence-corrected chi connectivity index (χ1v) is 12.8. The molecular weight excluding hydrogens is 553 g/mol. The number of aromatic nitrogens is 3. The van der Waals surface area contributed by atoms with Crippen LogP contribution in [0.2, 0.25) is 0 Å². The highest BCUT2D eigenvalue weighted by molar-refractivity contribution is 5.99. The van der Waals surface area contributed by atoms with Crippen LogP contribution in [-0.4, -0.2) is 37.5 Å². The second kappa shape index (κ2) is 11.1. The zero-order chi connectivity index (χ0) is 30.2. The van der Waals surface area contributed by atoms with E-state index in [0.717, 1.165) is 23.1 Å². The first-order valence-electron chi connectivity index (χ1n) is 12.8. The molecule has 4 heterocycles. The molecule has 0 fully saturated rings. The highest BCUT2D eigenvalue weighted by Crippen LogP contribution is 2.33. The Kier molecular flexibility index (Phi) is 7.57. The van der Waals surface area contributed by atoms with E-state index >= 15 is 0 Å². The minimum absolute atomic E-state index is 0.00375. The Morgan fingerprint density at radius 1 is 1.12 bits per heavy atom. The Morgan fingerprint density at radius 2 is 1.83 bits per heavy atom. The predicted octanol–water partition coefficient (Wildman–Crippen LogP) is 6.15. The number of H-pyrrole nitrogens is 1. The summed E-state index contributed by atoms with van der Waals surface area (Å²) in [4.78, 5) is 41.8. The number of hydrogen-bond donors (Lipinski definition) is 2. The number of hydrogen-bond acceptors (Lipinski definition) is 6. The summed E-state index contributed by atoms with van der Waals surface area (Å²) in [6.07, 6.45) is 0.620. The average Bonchev–Trinajstić information content (AvgIpc) is 3.57. The number of fused-ring (bicyclic) bond motifs is 3. The van der Waals surface area contributed by atoms with Gasteiger partial charge in [0.2, 0.25) is 0 Å². The monoisotopic (exact) mass is 578 g/mol. The molecule has 13 heteroatoms. The summed E-state index contributed by atoms with van der Waals surface area (Å²) < 4.78 is 55.1. The van der Waals surface area contributed by atoms with Gasteiger partial charge in [-0.15, -0.1) is 0 Å². The van der Waals surface area contributed by atoms with Crippen molar-refractivity contribution in [3.8, 4) is 0 Å². The van der Waals surface area contributed by atoms with Gasteiger partial charge in [-0.3, -0.25) is 15.1 Å². The van der Waals surface area contributed by atoms with Gasteiger partial charge in [0.15, 0.2) is 5.69 Å². The van der Waals surface area contributed by atoms with Crippen molar-refractivity contribution < 1.29 is 32.2 Å². The smallest absolute Gasteiger partial charge is 0.413 e. The zero-order valence-corrected chi connectivity index (χ0v) is 22.8. The van der Waals surface area contributed by atoms with E-state index in [2.05, 4.69) is 25.1 Å². The third-order valence-electron chi connectivity index (χ3n) is 6.39. The van der Waals surface area contributed by atoms with Gasteiger partial charge in [0.05, 0.1) is 49.6 Å². The molecule has 1 aliphatic rings. The first-order chi connectivity index (χ1) is 19.9. The zero-order valence-electron chi connectivity index (χ0n) is 22.8. The number of aromatic amines is 1. The molecule has 2 N–H and O–H groups in total. The molecule has 0 unspecified atom stereocenters. The van der Waals surface area contributed by atoms with Crippen LogP contribution in [-0.2, 0) is 35.8 Å². The Labute approximate surface area is 238 Å². The number of amides is 2. The molecule has 0 saturated heterocycles. The van der Waals surface area contributed by atoms with Crippen molar-refractivity contribution in [2.75, 3.05) is 5.32 Å². The number of nitrogens with one attached hydrogen (secondary N) is 2. The van der Waals surface area contributed by atoms with Gasteiger partial charge in [0.25, 0.3) is 5.91 Å². The number of rotatable bonds is 6. The Hall–Kier alpha value is -4.96. The van der Waals surface area contributed by atoms with Crippen molar-refractivity contribution in [1.82, 2.24) is 19.9 Å². The van der Waals surface area contributed by atoms with E-state index in [1.165, 1.54) is 18.3 Å². The van der Waals surface area contributed by atoms with Gasteiger partial charge in [0.1, 0.15) is 34.6 Å². The molecule has 4 aromatic rings. The number of anilines is 1. The molecule has 0 saturated carbocycles. The van der Waals surface area contributed by atoms with Gasteiger partial charge in [-0.1, -0.05) is 0 Å². The highest BCUT2D eigenvalue weighted by atomic mass is 19.1. The third kappa shape index (κ3) is 5.89. The van der Waals surface area contributed by atoms with Crippen molar-refractivity contribution in [2.24, 2.45) is 0 Å². The number of ether oxygens (including phenoxy) is 2. The van der Waals surface area contributed by atoms with Crippen molar-refractivity contribution in [3.05, 3.63) is 93.5 Å². The number of carbonyl (C=O) groups excluding carboxylic acids is 2. The standard InChI is InChI=1S/C29H25F3N6O4/c1-29(2,3)42-28(40)37-26-18-14-41-13-17(18)25-22(36-26)10-23(35-25)27(39)38(12-24-19(30)6-5-7-34-24)11-16-20(31)8-15(33-4)9-21(16)32/h5-10,35H,11-14H2,1-3H3,(H,36,37,40). The minimum Gasteiger partial charge on any atom is -0.444 e. The highest BCUT2D eigenvalue weighted by Gasteiger charge is 2.28. The van der Waals surface area contributed by atoms with E-state index in [9.17, 15) is 22.8 Å². The lowest BCUT2D eigenvalue weighted by Gasteiger charge is -2.23. The number of carbonyl (C=O) groups is 2. The fraction of sp³-hybridized carbons (Fsp3) is 0.276. The molecule has 0 radical (unpaired) electrons. The molecule has 0 atom stereocenters. The van der Waals surface area contributed by atoms with E-state index in [4.69, 9.17) is 16.0 Å². The van der Waals surface area contributed by atoms with Crippen LogP contribution in [0.15, 0.2) is 36.5 Å². The van der Waals surface area contributed by atoms with Crippen LogP contribution < -0.4 is 5.32 Å². The van der Waals surface area contributed by atoms with Crippen LogP contribution in [0.1, 0.15) is 53.6 Å². The van der Waals surface area contributed by atoms with Crippen LogP contribution in [0.5, 0.6) is 0 Å². The summed E-state index contributed by atoms with van der Waals surface area (Å²) in [6, 6.07) is 5.69. The van der Waals surface area contributed by atoms with Crippen molar-refractivity contribution in [1.29, 1.82) is 0 Å². The third-order valence-corrected chi connectivity index (χ3v) is 6.39. The van der Waals surface area contributed by atoms with E-state index in [1.807, 2.05) is 0 Å². The summed E-state index contributed by atoms with van der Waals surface area (Å²) in [7, 11) is 0. The molecule has 0 aliphatic carbocycles. The number of pyridine rings is 2. The molecule has 3 aromatic heterocycles. The summed E-state index contributed by atoms with van der Waals surface area (Å²) in [6.45, 7) is 11.5. The van der Waals surface area contributed by atoms with Gasteiger partial charge in [-0.2, -0.15) is 0 Å². The molecule has 1 aliphatic heterocycles.